The van der Waals surface area contributed by atoms with Crippen molar-refractivity contribution in [3.8, 4) is 11.1 Å². The standard InChI is InChI=1S/C34H42O4/c1-8-34(9-2,27-16-14-24(22(3)20-27)15-19-30(35)33(5,6)7)28-17-18-29(23(4)21-28)25-10-12-26(13-11-25)31(36)32(37)38/h10-14,16-18,20-21,30,35H,8-9,15,19H2,1-7H3,(H,37,38). The van der Waals surface area contributed by atoms with Gasteiger partial charge in [-0.2, -0.15) is 0 Å². The van der Waals surface area contributed by atoms with Crippen LogP contribution in [0, 0.1) is 19.3 Å². The highest BCUT2D eigenvalue weighted by atomic mass is 16.4. The molecule has 0 spiro atoms. The molecule has 3 aromatic carbocycles. The summed E-state index contributed by atoms with van der Waals surface area (Å²) in [5.41, 5.74) is 8.23. The lowest BCUT2D eigenvalue weighted by Gasteiger charge is -2.34. The number of carboxylic acid groups (broad SMARTS) is 1. The van der Waals surface area contributed by atoms with Crippen molar-refractivity contribution in [2.45, 2.75) is 85.7 Å². The zero-order valence-corrected chi connectivity index (χ0v) is 23.9. The van der Waals surface area contributed by atoms with Crippen LogP contribution in [0.3, 0.4) is 0 Å². The first-order valence-corrected chi connectivity index (χ1v) is 13.6. The quantitative estimate of drug-likeness (QED) is 0.215. The summed E-state index contributed by atoms with van der Waals surface area (Å²) in [5, 5.41) is 19.5. The fraction of sp³-hybridized carbons (Fsp3) is 0.412. The highest BCUT2D eigenvalue weighted by molar-refractivity contribution is 6.39. The summed E-state index contributed by atoms with van der Waals surface area (Å²) in [5.74, 6) is -2.34. The van der Waals surface area contributed by atoms with Crippen LogP contribution in [0.15, 0.2) is 60.7 Å². The number of carboxylic acids is 1. The first-order valence-electron chi connectivity index (χ1n) is 13.6. The van der Waals surface area contributed by atoms with Gasteiger partial charge in [-0.15, -0.1) is 0 Å². The van der Waals surface area contributed by atoms with Crippen LogP contribution in [0.1, 0.15) is 92.1 Å². The summed E-state index contributed by atoms with van der Waals surface area (Å²) >= 11 is 0. The van der Waals surface area contributed by atoms with Crippen molar-refractivity contribution in [3.63, 3.8) is 0 Å². The molecule has 1 atom stereocenters. The highest BCUT2D eigenvalue weighted by Crippen LogP contribution is 2.41. The molecule has 1 unspecified atom stereocenters. The Morgan fingerprint density at radius 2 is 1.37 bits per heavy atom. The highest BCUT2D eigenvalue weighted by Gasteiger charge is 2.31. The zero-order valence-electron chi connectivity index (χ0n) is 23.9. The monoisotopic (exact) mass is 514 g/mol. The second kappa shape index (κ2) is 11.7. The molecule has 0 bridgehead atoms. The van der Waals surface area contributed by atoms with Crippen LogP contribution in [-0.2, 0) is 16.6 Å². The maximum atomic E-state index is 11.8. The molecular formula is C34H42O4. The summed E-state index contributed by atoms with van der Waals surface area (Å²) < 4.78 is 0. The Labute approximate surface area is 227 Å². The number of ketones is 1. The molecule has 3 aromatic rings. The van der Waals surface area contributed by atoms with E-state index in [9.17, 15) is 14.7 Å². The molecule has 2 N–H and O–H groups in total. The minimum Gasteiger partial charge on any atom is -0.475 e. The van der Waals surface area contributed by atoms with Gasteiger partial charge in [0.25, 0.3) is 5.78 Å². The number of carbonyl (C=O) groups is 2. The van der Waals surface area contributed by atoms with Gasteiger partial charge in [-0.3, -0.25) is 4.79 Å². The second-order valence-corrected chi connectivity index (χ2v) is 11.6. The predicted molar refractivity (Wildman–Crippen MR) is 155 cm³/mol. The molecular weight excluding hydrogens is 472 g/mol. The molecule has 38 heavy (non-hydrogen) atoms. The summed E-state index contributed by atoms with van der Waals surface area (Å²) in [6.07, 6.45) is 3.22. The number of aliphatic carboxylic acids is 1. The molecule has 0 radical (unpaired) electrons. The van der Waals surface area contributed by atoms with E-state index in [4.69, 9.17) is 5.11 Å². The van der Waals surface area contributed by atoms with Crippen LogP contribution in [0.2, 0.25) is 0 Å². The molecule has 0 saturated heterocycles. The first-order chi connectivity index (χ1) is 17.8. The van der Waals surface area contributed by atoms with Crippen molar-refractivity contribution in [1.82, 2.24) is 0 Å². The lowest BCUT2D eigenvalue weighted by atomic mass is 9.69. The molecule has 3 rings (SSSR count). The Morgan fingerprint density at radius 1 is 0.816 bits per heavy atom. The molecule has 4 nitrogen and oxygen atoms in total. The van der Waals surface area contributed by atoms with Gasteiger partial charge in [0.1, 0.15) is 0 Å². The van der Waals surface area contributed by atoms with Gasteiger partial charge in [0, 0.05) is 11.0 Å². The number of benzene rings is 3. The third-order valence-electron chi connectivity index (χ3n) is 8.22. The van der Waals surface area contributed by atoms with Gasteiger partial charge in [-0.05, 0) is 83.9 Å². The Morgan fingerprint density at radius 3 is 1.84 bits per heavy atom. The van der Waals surface area contributed by atoms with E-state index < -0.39 is 11.8 Å². The second-order valence-electron chi connectivity index (χ2n) is 11.6. The van der Waals surface area contributed by atoms with Gasteiger partial charge in [0.15, 0.2) is 0 Å². The molecule has 0 heterocycles. The van der Waals surface area contributed by atoms with Gasteiger partial charge >= 0.3 is 5.97 Å². The molecule has 0 aliphatic carbocycles. The SMILES string of the molecule is CCC(CC)(c1ccc(CCC(O)C(C)(C)C)c(C)c1)c1ccc(-c2ccc(C(=O)C(=O)O)cc2)c(C)c1. The number of carbonyl (C=O) groups excluding carboxylic acids is 1. The summed E-state index contributed by atoms with van der Waals surface area (Å²) in [7, 11) is 0. The van der Waals surface area contributed by atoms with Gasteiger partial charge in [0.2, 0.25) is 0 Å². The largest absolute Gasteiger partial charge is 0.475 e. The van der Waals surface area contributed by atoms with Crippen molar-refractivity contribution in [2.75, 3.05) is 0 Å². The van der Waals surface area contributed by atoms with Crippen LogP contribution in [0.25, 0.3) is 11.1 Å². The Kier molecular flexibility index (Phi) is 8.99. The number of aliphatic hydroxyl groups is 1. The summed E-state index contributed by atoms with van der Waals surface area (Å²) in [4.78, 5) is 22.7. The van der Waals surface area contributed by atoms with E-state index in [1.165, 1.54) is 22.3 Å². The maximum absolute atomic E-state index is 11.8. The van der Waals surface area contributed by atoms with E-state index in [0.29, 0.717) is 0 Å². The van der Waals surface area contributed by atoms with Gasteiger partial charge in [-0.25, -0.2) is 4.79 Å². The van der Waals surface area contributed by atoms with Crippen LogP contribution >= 0.6 is 0 Å². The van der Waals surface area contributed by atoms with E-state index in [2.05, 4.69) is 84.9 Å². The van der Waals surface area contributed by atoms with Crippen molar-refractivity contribution in [1.29, 1.82) is 0 Å². The van der Waals surface area contributed by atoms with Gasteiger partial charge in [-0.1, -0.05) is 95.3 Å². The number of rotatable bonds is 10. The Balaban J connectivity index is 1.92. The molecule has 0 saturated carbocycles. The smallest absolute Gasteiger partial charge is 0.377 e. The third-order valence-corrected chi connectivity index (χ3v) is 8.22. The minimum absolute atomic E-state index is 0.116. The number of aliphatic hydroxyl groups excluding tert-OH is 1. The normalized spacial score (nSPS) is 12.8. The summed E-state index contributed by atoms with van der Waals surface area (Å²) in [6.45, 7) is 15.0. The van der Waals surface area contributed by atoms with Gasteiger partial charge < -0.3 is 10.2 Å². The van der Waals surface area contributed by atoms with E-state index >= 15 is 0 Å². The first kappa shape index (κ1) is 29.3. The topological polar surface area (TPSA) is 74.6 Å². The molecule has 0 aliphatic rings. The minimum atomic E-state index is -1.44. The molecule has 0 aromatic heterocycles. The average molecular weight is 515 g/mol. The fourth-order valence-corrected chi connectivity index (χ4v) is 5.44. The van der Waals surface area contributed by atoms with E-state index in [-0.39, 0.29) is 22.5 Å². The van der Waals surface area contributed by atoms with E-state index in [1.54, 1.807) is 12.1 Å². The number of hydrogen-bond donors (Lipinski definition) is 2. The molecule has 0 fully saturated rings. The van der Waals surface area contributed by atoms with Gasteiger partial charge in [0.05, 0.1) is 6.10 Å². The molecule has 0 amide bonds. The summed E-state index contributed by atoms with van der Waals surface area (Å²) in [6, 6.07) is 20.2. The van der Waals surface area contributed by atoms with Crippen LogP contribution in [0.5, 0.6) is 0 Å². The maximum Gasteiger partial charge on any atom is 0.377 e. The van der Waals surface area contributed by atoms with E-state index in [0.717, 1.165) is 42.4 Å². The third kappa shape index (κ3) is 6.07. The average Bonchev–Trinajstić information content (AvgIpc) is 2.88. The fourth-order valence-electron chi connectivity index (χ4n) is 5.44. The number of hydrogen-bond acceptors (Lipinski definition) is 3. The zero-order chi connectivity index (χ0) is 28.3. The number of aryl methyl sites for hydroxylation is 3. The molecule has 202 valence electrons. The van der Waals surface area contributed by atoms with Crippen LogP contribution in [-0.4, -0.2) is 28.1 Å². The van der Waals surface area contributed by atoms with Crippen LogP contribution in [0.4, 0.5) is 0 Å². The molecule has 4 heteroatoms. The van der Waals surface area contributed by atoms with Crippen molar-refractivity contribution in [2.24, 2.45) is 5.41 Å². The van der Waals surface area contributed by atoms with Crippen molar-refractivity contribution in [3.05, 3.63) is 94.0 Å². The Bertz CT molecular complexity index is 1290. The van der Waals surface area contributed by atoms with Crippen LogP contribution < -0.4 is 0 Å². The van der Waals surface area contributed by atoms with E-state index in [1.807, 2.05) is 12.1 Å². The number of Topliss-reactive ketones (excluding diaryl/α,β-unsaturated/α-hetero) is 1. The van der Waals surface area contributed by atoms with Crippen molar-refractivity contribution < 1.29 is 19.8 Å². The lowest BCUT2D eigenvalue weighted by Crippen LogP contribution is -2.27. The molecule has 0 aliphatic heterocycles. The van der Waals surface area contributed by atoms with Crippen molar-refractivity contribution >= 4 is 11.8 Å². The predicted octanol–water partition coefficient (Wildman–Crippen LogP) is 7.68. The lowest BCUT2D eigenvalue weighted by molar-refractivity contribution is -0.131. The Hall–Kier alpha value is -3.24.